The summed E-state index contributed by atoms with van der Waals surface area (Å²) >= 11 is 0. The molecule has 5 atom stereocenters. The smallest absolute Gasteiger partial charge is 0.303 e. The van der Waals surface area contributed by atoms with Gasteiger partial charge in [-0.3, -0.25) is 19.2 Å². The number of carbonyl (C=O) groups is 4. The lowest BCUT2D eigenvalue weighted by molar-refractivity contribution is -0.185. The van der Waals surface area contributed by atoms with Gasteiger partial charge in [0.05, 0.1) is 5.69 Å². The maximum atomic E-state index is 14.3. The molecule has 7 aliphatic rings. The zero-order chi connectivity index (χ0) is 26.3. The van der Waals surface area contributed by atoms with Crippen molar-refractivity contribution in [2.24, 2.45) is 11.3 Å². The van der Waals surface area contributed by atoms with Crippen LogP contribution in [0.4, 0.5) is 5.69 Å². The predicted octanol–water partition coefficient (Wildman–Crippen LogP) is 2.28. The number of benzene rings is 1. The Morgan fingerprint density at radius 1 is 1.14 bits per heavy atom. The Morgan fingerprint density at radius 2 is 1.89 bits per heavy atom. The van der Waals surface area contributed by atoms with Crippen LogP contribution in [-0.2, 0) is 29.3 Å². The van der Waals surface area contributed by atoms with Crippen molar-refractivity contribution in [3.05, 3.63) is 29.3 Å². The first-order valence-electron chi connectivity index (χ1n) is 13.0. The molecule has 0 aromatic heterocycles. The first kappa shape index (κ1) is 22.8. The SMILES string of the molecule is CC(=O)OC1C23NC(=O)C4(CCCN4C2=O)CC3C(C)(C)C12C(=O)Nc1c2ccc2c1C=CC(C)(C)O2. The van der Waals surface area contributed by atoms with E-state index in [1.165, 1.54) is 6.92 Å². The van der Waals surface area contributed by atoms with Gasteiger partial charge < -0.3 is 25.0 Å². The van der Waals surface area contributed by atoms with E-state index in [1.54, 1.807) is 4.90 Å². The van der Waals surface area contributed by atoms with Crippen LogP contribution in [0.1, 0.15) is 65.0 Å². The lowest BCUT2D eigenvalue weighted by Crippen LogP contribution is -2.84. The fourth-order valence-electron chi connectivity index (χ4n) is 8.67. The van der Waals surface area contributed by atoms with Crippen LogP contribution in [0.2, 0.25) is 0 Å². The van der Waals surface area contributed by atoms with E-state index in [1.807, 2.05) is 52.0 Å². The molecular formula is C28H31N3O6. The summed E-state index contributed by atoms with van der Waals surface area (Å²) in [5.41, 5.74) is -3.18. The first-order chi connectivity index (χ1) is 17.3. The zero-order valence-corrected chi connectivity index (χ0v) is 21.7. The molecule has 1 saturated carbocycles. The monoisotopic (exact) mass is 505 g/mol. The molecule has 1 aliphatic carbocycles. The molecule has 6 heterocycles. The summed E-state index contributed by atoms with van der Waals surface area (Å²) in [6.07, 6.45) is 4.43. The molecule has 2 N–H and O–H groups in total. The molecule has 5 unspecified atom stereocenters. The summed E-state index contributed by atoms with van der Waals surface area (Å²) < 4.78 is 12.2. The molecular weight excluding hydrogens is 474 g/mol. The lowest BCUT2D eigenvalue weighted by atomic mass is 9.57. The Hall–Kier alpha value is -3.36. The van der Waals surface area contributed by atoms with E-state index in [2.05, 4.69) is 10.6 Å². The van der Waals surface area contributed by atoms with Crippen LogP contribution in [0.15, 0.2) is 18.2 Å². The van der Waals surface area contributed by atoms with E-state index in [4.69, 9.17) is 9.47 Å². The number of carbonyl (C=O) groups excluding carboxylic acids is 4. The fraction of sp³-hybridized carbons (Fsp3) is 0.571. The summed E-state index contributed by atoms with van der Waals surface area (Å²) in [5, 5.41) is 6.15. The van der Waals surface area contributed by atoms with Gasteiger partial charge in [0.2, 0.25) is 11.8 Å². The molecule has 9 heteroatoms. The van der Waals surface area contributed by atoms with Gasteiger partial charge in [-0.05, 0) is 62.3 Å². The van der Waals surface area contributed by atoms with Gasteiger partial charge in [-0.2, -0.15) is 0 Å². The second-order valence-corrected chi connectivity index (χ2v) is 12.6. The summed E-state index contributed by atoms with van der Waals surface area (Å²) in [6.45, 7) is 9.62. The number of esters is 1. The van der Waals surface area contributed by atoms with Crippen LogP contribution >= 0.6 is 0 Å². The van der Waals surface area contributed by atoms with Crippen LogP contribution < -0.4 is 15.4 Å². The van der Waals surface area contributed by atoms with Gasteiger partial charge in [-0.1, -0.05) is 19.9 Å². The highest BCUT2D eigenvalue weighted by molar-refractivity contribution is 6.14. The largest absolute Gasteiger partial charge is 0.483 e. The van der Waals surface area contributed by atoms with E-state index >= 15 is 0 Å². The number of nitrogens with one attached hydrogen (secondary N) is 2. The molecule has 1 aromatic rings. The fourth-order valence-corrected chi connectivity index (χ4v) is 8.67. The van der Waals surface area contributed by atoms with Crippen LogP contribution in [-0.4, -0.2) is 57.9 Å². The average Bonchev–Trinajstić information content (AvgIpc) is 3.42. The van der Waals surface area contributed by atoms with E-state index in [-0.39, 0.29) is 17.7 Å². The highest BCUT2D eigenvalue weighted by Crippen LogP contribution is 2.71. The Kier molecular flexibility index (Phi) is 3.92. The molecule has 6 aliphatic heterocycles. The van der Waals surface area contributed by atoms with Gasteiger partial charge in [-0.15, -0.1) is 0 Å². The van der Waals surface area contributed by atoms with Gasteiger partial charge >= 0.3 is 5.97 Å². The number of rotatable bonds is 1. The first-order valence-corrected chi connectivity index (χ1v) is 13.0. The summed E-state index contributed by atoms with van der Waals surface area (Å²) in [7, 11) is 0. The van der Waals surface area contributed by atoms with Crippen LogP contribution in [0.3, 0.4) is 0 Å². The minimum Gasteiger partial charge on any atom is -0.483 e. The van der Waals surface area contributed by atoms with Crippen molar-refractivity contribution in [3.63, 3.8) is 0 Å². The number of fused-ring (bicyclic) bond motifs is 5. The standard InChI is InChI=1S/C28H31N3O6/c1-14(32)36-20-27(16-7-8-17-15(19(16)29-22(27)34)9-11-24(2,3)37-17)25(4,5)18-13-26-10-6-12-31(26)23(35)28(18,20)30-21(26)33/h7-9,11,18,20H,6,10,12-13H2,1-5H3,(H,29,34)(H,30,33). The molecule has 37 heavy (non-hydrogen) atoms. The van der Waals surface area contributed by atoms with E-state index in [0.29, 0.717) is 36.4 Å². The number of amides is 3. The molecule has 5 fully saturated rings. The molecule has 194 valence electrons. The maximum absolute atomic E-state index is 14.3. The molecule has 3 spiro atoms. The van der Waals surface area contributed by atoms with Gasteiger partial charge in [0.25, 0.3) is 5.91 Å². The van der Waals surface area contributed by atoms with Gasteiger partial charge in [0.1, 0.15) is 22.3 Å². The maximum Gasteiger partial charge on any atom is 0.303 e. The highest BCUT2D eigenvalue weighted by atomic mass is 16.5. The number of anilines is 1. The Labute approximate surface area is 214 Å². The van der Waals surface area contributed by atoms with Crippen molar-refractivity contribution in [1.82, 2.24) is 10.2 Å². The molecule has 8 rings (SSSR count). The molecule has 9 nitrogen and oxygen atoms in total. The van der Waals surface area contributed by atoms with E-state index in [0.717, 1.165) is 12.0 Å². The quantitative estimate of drug-likeness (QED) is 0.566. The Bertz CT molecular complexity index is 1380. The van der Waals surface area contributed by atoms with Gasteiger partial charge in [0, 0.05) is 24.9 Å². The van der Waals surface area contributed by atoms with Crippen LogP contribution in [0.25, 0.3) is 6.08 Å². The lowest BCUT2D eigenvalue weighted by Gasteiger charge is -2.59. The van der Waals surface area contributed by atoms with Crippen molar-refractivity contribution in [2.75, 3.05) is 11.9 Å². The summed E-state index contributed by atoms with van der Waals surface area (Å²) in [5.74, 6) is -1.18. The average molecular weight is 506 g/mol. The number of piperazine rings is 1. The minimum atomic E-state index is -1.53. The van der Waals surface area contributed by atoms with Gasteiger partial charge in [0.15, 0.2) is 11.6 Å². The van der Waals surface area contributed by atoms with Crippen molar-refractivity contribution in [1.29, 1.82) is 0 Å². The minimum absolute atomic E-state index is 0.214. The zero-order valence-electron chi connectivity index (χ0n) is 21.7. The summed E-state index contributed by atoms with van der Waals surface area (Å²) in [6, 6.07) is 3.70. The Morgan fingerprint density at radius 3 is 2.62 bits per heavy atom. The molecule has 0 radical (unpaired) electrons. The number of piperidine rings is 2. The number of ether oxygens (including phenoxy) is 2. The number of hydrogen-bond donors (Lipinski definition) is 2. The third-order valence-corrected chi connectivity index (χ3v) is 10.2. The highest BCUT2D eigenvalue weighted by Gasteiger charge is 2.86. The predicted molar refractivity (Wildman–Crippen MR) is 132 cm³/mol. The second-order valence-electron chi connectivity index (χ2n) is 12.6. The Balaban J connectivity index is 1.51. The van der Waals surface area contributed by atoms with Crippen LogP contribution in [0, 0.1) is 11.3 Å². The number of nitrogens with zero attached hydrogens (tertiary/aromatic N) is 1. The third kappa shape index (κ3) is 2.25. The number of hydrogen-bond acceptors (Lipinski definition) is 6. The van der Waals surface area contributed by atoms with Gasteiger partial charge in [-0.25, -0.2) is 0 Å². The molecule has 4 saturated heterocycles. The topological polar surface area (TPSA) is 114 Å². The van der Waals surface area contributed by atoms with E-state index in [9.17, 15) is 19.2 Å². The molecule has 1 aromatic carbocycles. The van der Waals surface area contributed by atoms with Crippen molar-refractivity contribution in [3.8, 4) is 5.75 Å². The van der Waals surface area contributed by atoms with Crippen LogP contribution in [0.5, 0.6) is 5.75 Å². The normalized spacial score (nSPS) is 38.9. The summed E-state index contributed by atoms with van der Waals surface area (Å²) in [4.78, 5) is 56.5. The van der Waals surface area contributed by atoms with E-state index < -0.39 is 45.5 Å². The van der Waals surface area contributed by atoms with Crippen molar-refractivity contribution in [2.45, 2.75) is 82.1 Å². The van der Waals surface area contributed by atoms with Crippen molar-refractivity contribution < 1.29 is 28.7 Å². The third-order valence-electron chi connectivity index (χ3n) is 10.2. The van der Waals surface area contributed by atoms with Crippen molar-refractivity contribution >= 4 is 35.5 Å². The molecule has 3 amide bonds. The second kappa shape index (κ2) is 6.37. The molecule has 2 bridgehead atoms.